The molecular weight excluding hydrogens is 428 g/mol. The third kappa shape index (κ3) is 4.10. The average Bonchev–Trinajstić information content (AvgIpc) is 2.77. The molecule has 32 heavy (non-hydrogen) atoms. The summed E-state index contributed by atoms with van der Waals surface area (Å²) < 4.78 is 60.7. The fourth-order valence-corrected chi connectivity index (χ4v) is 3.77. The number of hydrogen-bond donors (Lipinski definition) is 0. The van der Waals surface area contributed by atoms with Crippen LogP contribution in [-0.4, -0.2) is 34.9 Å². The minimum Gasteiger partial charge on any atom is -0.487 e. The summed E-state index contributed by atoms with van der Waals surface area (Å²) in [5.41, 5.74) is 0.294. The molecule has 6 nitrogen and oxygen atoms in total. The Bertz CT molecular complexity index is 1270. The summed E-state index contributed by atoms with van der Waals surface area (Å²) in [6.45, 7) is 0.162. The van der Waals surface area contributed by atoms with Crippen LogP contribution in [0.4, 0.5) is 23.2 Å². The van der Waals surface area contributed by atoms with Gasteiger partial charge in [-0.1, -0.05) is 6.07 Å². The number of aryl methyl sites for hydroxylation is 1. The maximum Gasteiger partial charge on any atom is 0.416 e. The Morgan fingerprint density at radius 3 is 2.69 bits per heavy atom. The quantitative estimate of drug-likeness (QED) is 0.572. The number of rotatable bonds is 3. The summed E-state index contributed by atoms with van der Waals surface area (Å²) in [6, 6.07) is 10.7. The van der Waals surface area contributed by atoms with Gasteiger partial charge in [0.2, 0.25) is 0 Å². The summed E-state index contributed by atoms with van der Waals surface area (Å²) in [5.74, 6) is -0.0553. The zero-order chi connectivity index (χ0) is 23.0. The van der Waals surface area contributed by atoms with E-state index in [1.807, 2.05) is 6.07 Å². The first-order chi connectivity index (χ1) is 15.2. The van der Waals surface area contributed by atoms with Crippen molar-refractivity contribution in [1.82, 2.24) is 9.55 Å². The summed E-state index contributed by atoms with van der Waals surface area (Å²) >= 11 is 0. The number of piperidine rings is 1. The van der Waals surface area contributed by atoms with Crippen molar-refractivity contribution in [3.8, 4) is 11.8 Å². The molecule has 3 aromatic rings. The molecule has 0 radical (unpaired) electrons. The number of halogens is 4. The Morgan fingerprint density at radius 2 is 2.00 bits per heavy atom. The van der Waals surface area contributed by atoms with E-state index in [2.05, 4.69) is 4.98 Å². The lowest BCUT2D eigenvalue weighted by Gasteiger charge is -2.36. The number of benzene rings is 1. The fourth-order valence-electron chi connectivity index (χ4n) is 3.77. The van der Waals surface area contributed by atoms with E-state index < -0.39 is 24.0 Å². The van der Waals surface area contributed by atoms with Crippen LogP contribution in [0.3, 0.4) is 0 Å². The van der Waals surface area contributed by atoms with Gasteiger partial charge in [0.25, 0.3) is 5.56 Å². The van der Waals surface area contributed by atoms with Crippen molar-refractivity contribution in [2.45, 2.75) is 24.9 Å². The van der Waals surface area contributed by atoms with Gasteiger partial charge in [0.05, 0.1) is 23.3 Å². The lowest BCUT2D eigenvalue weighted by molar-refractivity contribution is -0.137. The number of pyridine rings is 2. The molecule has 3 heterocycles. The lowest BCUT2D eigenvalue weighted by atomic mass is 10.0. The Balaban J connectivity index is 1.58. The summed E-state index contributed by atoms with van der Waals surface area (Å²) in [4.78, 5) is 18.3. The second kappa shape index (κ2) is 8.15. The molecule has 1 unspecified atom stereocenters. The number of aromatic nitrogens is 2. The maximum absolute atomic E-state index is 15.0. The number of anilines is 1. The Labute approximate surface area is 180 Å². The Morgan fingerprint density at radius 1 is 1.22 bits per heavy atom. The van der Waals surface area contributed by atoms with Gasteiger partial charge in [-0.3, -0.25) is 4.79 Å². The van der Waals surface area contributed by atoms with Crippen LogP contribution in [0, 0.1) is 11.3 Å². The first-order valence-corrected chi connectivity index (χ1v) is 9.81. The lowest BCUT2D eigenvalue weighted by Crippen LogP contribution is -2.47. The molecule has 0 N–H and O–H groups in total. The van der Waals surface area contributed by atoms with Crippen LogP contribution in [0.25, 0.3) is 11.0 Å². The molecule has 1 aliphatic rings. The van der Waals surface area contributed by atoms with Crippen molar-refractivity contribution in [3.05, 3.63) is 64.1 Å². The maximum atomic E-state index is 15.0. The van der Waals surface area contributed by atoms with Gasteiger partial charge in [0.15, 0.2) is 6.17 Å². The smallest absolute Gasteiger partial charge is 0.416 e. The highest BCUT2D eigenvalue weighted by Crippen LogP contribution is 2.33. The van der Waals surface area contributed by atoms with Crippen LogP contribution < -0.4 is 15.2 Å². The number of hydrogen-bond acceptors (Lipinski definition) is 5. The van der Waals surface area contributed by atoms with Crippen molar-refractivity contribution in [3.63, 3.8) is 0 Å². The summed E-state index contributed by atoms with van der Waals surface area (Å²) in [6.07, 6.45) is -6.79. The van der Waals surface area contributed by atoms with E-state index in [0.717, 1.165) is 12.1 Å². The van der Waals surface area contributed by atoms with E-state index in [4.69, 9.17) is 10.00 Å². The van der Waals surface area contributed by atoms with Gasteiger partial charge in [-0.25, -0.2) is 9.37 Å². The Hall–Kier alpha value is -3.61. The molecule has 1 aromatic carbocycles. The standard InChI is InChI=1S/C22H18F4N4O2/c1-29-17-6-5-14(11-27)28-21(17)18(10-20(29)31)30-8-7-19(16(23)12-30)32-15-4-2-3-13(9-15)22(24,25)26/h2-6,9-10,16,19H,7-8,12H2,1H3/t16?,19-/m1/s1. The van der Waals surface area contributed by atoms with Crippen LogP contribution in [0.5, 0.6) is 5.75 Å². The topological polar surface area (TPSA) is 71.2 Å². The molecule has 2 atom stereocenters. The third-order valence-electron chi connectivity index (χ3n) is 5.45. The van der Waals surface area contributed by atoms with Crippen molar-refractivity contribution in [2.24, 2.45) is 7.05 Å². The minimum absolute atomic E-state index is 0.0553. The number of ether oxygens (including phenoxy) is 1. The minimum atomic E-state index is -4.52. The summed E-state index contributed by atoms with van der Waals surface area (Å²) in [7, 11) is 1.58. The second-order valence-corrected chi connectivity index (χ2v) is 7.54. The molecule has 1 saturated heterocycles. The van der Waals surface area contributed by atoms with E-state index in [9.17, 15) is 22.4 Å². The van der Waals surface area contributed by atoms with Crippen LogP contribution in [0.1, 0.15) is 17.7 Å². The van der Waals surface area contributed by atoms with E-state index in [-0.39, 0.29) is 30.0 Å². The van der Waals surface area contributed by atoms with Crippen LogP contribution >= 0.6 is 0 Å². The molecule has 0 bridgehead atoms. The van der Waals surface area contributed by atoms with Gasteiger partial charge < -0.3 is 14.2 Å². The van der Waals surface area contributed by atoms with Crippen LogP contribution in [0.15, 0.2) is 47.3 Å². The van der Waals surface area contributed by atoms with Crippen molar-refractivity contribution < 1.29 is 22.3 Å². The fraction of sp³-hybridized carbons (Fsp3) is 0.318. The highest BCUT2D eigenvalue weighted by Gasteiger charge is 2.34. The van der Waals surface area contributed by atoms with Gasteiger partial charge in [0.1, 0.15) is 29.1 Å². The monoisotopic (exact) mass is 446 g/mol. The molecule has 0 saturated carbocycles. The molecule has 0 aliphatic carbocycles. The van der Waals surface area contributed by atoms with Gasteiger partial charge in [-0.15, -0.1) is 0 Å². The van der Waals surface area contributed by atoms with Crippen molar-refractivity contribution in [2.75, 3.05) is 18.0 Å². The molecule has 166 valence electrons. The average molecular weight is 446 g/mol. The number of alkyl halides is 4. The van der Waals surface area contributed by atoms with Gasteiger partial charge in [-0.05, 0) is 30.3 Å². The zero-order valence-electron chi connectivity index (χ0n) is 16.9. The molecule has 2 aromatic heterocycles. The molecule has 0 amide bonds. The second-order valence-electron chi connectivity index (χ2n) is 7.54. The van der Waals surface area contributed by atoms with Crippen molar-refractivity contribution >= 4 is 16.7 Å². The van der Waals surface area contributed by atoms with E-state index in [1.54, 1.807) is 18.0 Å². The number of nitrogens with zero attached hydrogens (tertiary/aromatic N) is 4. The molecule has 1 fully saturated rings. The molecule has 4 rings (SSSR count). The normalized spacial score (nSPS) is 19.1. The van der Waals surface area contributed by atoms with Crippen LogP contribution in [0.2, 0.25) is 0 Å². The SMILES string of the molecule is Cn1c(=O)cc(N2CC[C@@H](Oc3cccc(C(F)(F)F)c3)C(F)C2)c2nc(C#N)ccc21. The van der Waals surface area contributed by atoms with Crippen molar-refractivity contribution in [1.29, 1.82) is 5.26 Å². The Kier molecular flexibility index (Phi) is 5.50. The van der Waals surface area contributed by atoms with Gasteiger partial charge in [0, 0.05) is 26.1 Å². The predicted molar refractivity (Wildman–Crippen MR) is 109 cm³/mol. The molecule has 1 aliphatic heterocycles. The van der Waals surface area contributed by atoms with Gasteiger partial charge >= 0.3 is 6.18 Å². The molecule has 0 spiro atoms. The zero-order valence-corrected chi connectivity index (χ0v) is 16.9. The highest BCUT2D eigenvalue weighted by molar-refractivity contribution is 5.88. The van der Waals surface area contributed by atoms with E-state index >= 15 is 0 Å². The van der Waals surface area contributed by atoms with Crippen LogP contribution in [-0.2, 0) is 13.2 Å². The number of fused-ring (bicyclic) bond motifs is 1. The van der Waals surface area contributed by atoms with Gasteiger partial charge in [-0.2, -0.15) is 18.4 Å². The molecule has 10 heteroatoms. The largest absolute Gasteiger partial charge is 0.487 e. The first kappa shape index (κ1) is 21.6. The van der Waals surface area contributed by atoms with E-state index in [0.29, 0.717) is 23.3 Å². The first-order valence-electron chi connectivity index (χ1n) is 9.81. The molecular formula is C22H18F4N4O2. The van der Waals surface area contributed by atoms with E-state index in [1.165, 1.54) is 28.8 Å². The highest BCUT2D eigenvalue weighted by atomic mass is 19.4. The predicted octanol–water partition coefficient (Wildman–Crippen LogP) is 3.82. The number of nitriles is 1. The summed E-state index contributed by atoms with van der Waals surface area (Å²) in [5, 5.41) is 9.17. The third-order valence-corrected chi connectivity index (χ3v) is 5.45.